The van der Waals surface area contributed by atoms with Crippen molar-refractivity contribution in [3.8, 4) is 0 Å². The standard InChI is InChI=1S/C17H21N4O3S/c1-19-15-14(16(23)20(2)17(19)24)21(11-18-15)8-9-25-10-13(22)12-6-4-3-5-7-12/h3-7,11,13-14,22H,8-10H2,1-2H3/q+1. The minimum absolute atomic E-state index is 0.259. The lowest BCUT2D eigenvalue weighted by atomic mass is 10.1. The number of carbonyl (C=O) groups is 2. The van der Waals surface area contributed by atoms with Gasteiger partial charge >= 0.3 is 6.03 Å². The number of carbonyl (C=O) groups excluding carboxylic acids is 2. The average Bonchev–Trinajstić information content (AvgIpc) is 3.06. The molecule has 2 heterocycles. The van der Waals surface area contributed by atoms with Crippen molar-refractivity contribution in [1.82, 2.24) is 9.80 Å². The number of benzene rings is 1. The summed E-state index contributed by atoms with van der Waals surface area (Å²) in [4.78, 5) is 31.1. The van der Waals surface area contributed by atoms with Crippen molar-refractivity contribution in [2.75, 3.05) is 32.1 Å². The zero-order valence-corrected chi connectivity index (χ0v) is 15.0. The summed E-state index contributed by atoms with van der Waals surface area (Å²) >= 11 is 1.62. The van der Waals surface area contributed by atoms with Crippen LogP contribution in [-0.2, 0) is 4.79 Å². The van der Waals surface area contributed by atoms with E-state index in [2.05, 4.69) is 4.99 Å². The molecule has 0 bridgehead atoms. The number of rotatable bonds is 6. The third kappa shape index (κ3) is 3.45. The number of hydrogen-bond donors (Lipinski definition) is 1. The fourth-order valence-corrected chi connectivity index (χ4v) is 3.79. The maximum absolute atomic E-state index is 12.4. The molecule has 1 aromatic rings. The predicted molar refractivity (Wildman–Crippen MR) is 97.1 cm³/mol. The van der Waals surface area contributed by atoms with Gasteiger partial charge in [-0.15, -0.1) is 0 Å². The highest BCUT2D eigenvalue weighted by molar-refractivity contribution is 7.99. The maximum Gasteiger partial charge on any atom is 0.333 e. The Hall–Kier alpha value is -2.19. The van der Waals surface area contributed by atoms with E-state index >= 15 is 0 Å². The summed E-state index contributed by atoms with van der Waals surface area (Å²) in [5.74, 6) is 1.55. The van der Waals surface area contributed by atoms with Gasteiger partial charge in [-0.1, -0.05) is 30.3 Å². The number of aliphatic imine (C=N–C) groups is 1. The smallest absolute Gasteiger partial charge is 0.333 e. The molecule has 25 heavy (non-hydrogen) atoms. The third-order valence-corrected chi connectivity index (χ3v) is 5.37. The van der Waals surface area contributed by atoms with Gasteiger partial charge in [0.2, 0.25) is 0 Å². The van der Waals surface area contributed by atoms with Crippen molar-refractivity contribution < 1.29 is 19.3 Å². The van der Waals surface area contributed by atoms with Gasteiger partial charge in [0.1, 0.15) is 0 Å². The zero-order valence-electron chi connectivity index (χ0n) is 14.2. The van der Waals surface area contributed by atoms with E-state index in [1.54, 1.807) is 25.1 Å². The summed E-state index contributed by atoms with van der Waals surface area (Å²) in [5, 5.41) is 10.2. The molecule has 2 atom stereocenters. The van der Waals surface area contributed by atoms with Gasteiger partial charge in [0.15, 0.2) is 0 Å². The van der Waals surface area contributed by atoms with E-state index in [4.69, 9.17) is 0 Å². The Morgan fingerprint density at radius 1 is 1.24 bits per heavy atom. The number of imide groups is 1. The molecule has 1 N–H and O–H groups in total. The maximum atomic E-state index is 12.4. The molecule has 2 aliphatic heterocycles. The normalized spacial score (nSPS) is 21.2. The number of urea groups is 1. The molecule has 0 saturated carbocycles. The van der Waals surface area contributed by atoms with Crippen LogP contribution in [0.25, 0.3) is 0 Å². The first-order valence-corrected chi connectivity index (χ1v) is 9.19. The molecule has 1 saturated heterocycles. The second-order valence-electron chi connectivity index (χ2n) is 5.98. The minimum Gasteiger partial charge on any atom is -0.388 e. The molecule has 0 radical (unpaired) electrons. The molecule has 1 fully saturated rings. The van der Waals surface area contributed by atoms with Crippen LogP contribution in [0.3, 0.4) is 0 Å². The average molecular weight is 361 g/mol. The van der Waals surface area contributed by atoms with Gasteiger partial charge in [0.05, 0.1) is 12.6 Å². The van der Waals surface area contributed by atoms with E-state index < -0.39 is 12.1 Å². The van der Waals surface area contributed by atoms with Crippen LogP contribution < -0.4 is 0 Å². The fraction of sp³-hybridized carbons (Fsp3) is 0.412. The number of amidine groups is 1. The topological polar surface area (TPSA) is 76.2 Å². The molecule has 8 heteroatoms. The largest absolute Gasteiger partial charge is 0.388 e. The zero-order chi connectivity index (χ0) is 18.0. The monoisotopic (exact) mass is 361 g/mol. The molecule has 0 spiro atoms. The van der Waals surface area contributed by atoms with Crippen molar-refractivity contribution in [3.05, 3.63) is 35.9 Å². The number of fused-ring (bicyclic) bond motifs is 1. The summed E-state index contributed by atoms with van der Waals surface area (Å²) in [5.41, 5.74) is 0.901. The number of hydrogen-bond acceptors (Lipinski definition) is 5. The molecular formula is C17H21N4O3S+. The van der Waals surface area contributed by atoms with Crippen LogP contribution >= 0.6 is 11.8 Å². The Morgan fingerprint density at radius 3 is 2.68 bits per heavy atom. The lowest BCUT2D eigenvalue weighted by Crippen LogP contribution is -2.61. The van der Waals surface area contributed by atoms with E-state index in [0.29, 0.717) is 18.1 Å². The number of thioether (sulfide) groups is 1. The van der Waals surface area contributed by atoms with Crippen LogP contribution in [0.1, 0.15) is 11.7 Å². The quantitative estimate of drug-likeness (QED) is 0.601. The van der Waals surface area contributed by atoms with E-state index in [0.717, 1.165) is 16.2 Å². The van der Waals surface area contributed by atoms with Crippen molar-refractivity contribution in [1.29, 1.82) is 0 Å². The highest BCUT2D eigenvalue weighted by Gasteiger charge is 2.50. The highest BCUT2D eigenvalue weighted by Crippen LogP contribution is 2.19. The first-order chi connectivity index (χ1) is 12.0. The first-order valence-electron chi connectivity index (χ1n) is 8.03. The van der Waals surface area contributed by atoms with Crippen LogP contribution in [0.4, 0.5) is 4.79 Å². The lowest BCUT2D eigenvalue weighted by Gasteiger charge is -2.30. The second-order valence-corrected chi connectivity index (χ2v) is 7.13. The molecule has 0 aliphatic carbocycles. The van der Waals surface area contributed by atoms with Crippen LogP contribution in [0.5, 0.6) is 0 Å². The SMILES string of the molecule is CN1C(=O)C2C(=NC=[N+]2CCSCC(O)c2ccccc2)N(C)C1=O. The summed E-state index contributed by atoms with van der Waals surface area (Å²) in [6, 6.07) is 8.65. The number of aliphatic hydroxyl groups excluding tert-OH is 1. The Morgan fingerprint density at radius 2 is 1.96 bits per heavy atom. The van der Waals surface area contributed by atoms with E-state index in [1.807, 2.05) is 34.9 Å². The Labute approximate surface area is 150 Å². The Bertz CT molecular complexity index is 735. The number of aliphatic hydroxyl groups is 1. The van der Waals surface area contributed by atoms with Crippen LogP contribution in [-0.4, -0.2) is 81.8 Å². The van der Waals surface area contributed by atoms with E-state index in [9.17, 15) is 14.7 Å². The van der Waals surface area contributed by atoms with Crippen molar-refractivity contribution in [2.45, 2.75) is 12.1 Å². The number of nitrogens with zero attached hydrogens (tertiary/aromatic N) is 4. The second kappa shape index (κ2) is 7.37. The molecule has 0 aromatic heterocycles. The Balaban J connectivity index is 1.52. The predicted octanol–water partition coefficient (Wildman–Crippen LogP) is 0.798. The van der Waals surface area contributed by atoms with Crippen molar-refractivity contribution in [2.24, 2.45) is 4.99 Å². The molecule has 7 nitrogen and oxygen atoms in total. The summed E-state index contributed by atoms with van der Waals surface area (Å²) < 4.78 is 1.85. The van der Waals surface area contributed by atoms with Gasteiger partial charge in [-0.3, -0.25) is 14.6 Å². The van der Waals surface area contributed by atoms with Crippen LogP contribution in [0.15, 0.2) is 35.3 Å². The molecule has 132 valence electrons. The van der Waals surface area contributed by atoms with Gasteiger partial charge in [-0.05, 0) is 10.6 Å². The van der Waals surface area contributed by atoms with Gasteiger partial charge in [-0.2, -0.15) is 11.8 Å². The van der Waals surface area contributed by atoms with Crippen molar-refractivity contribution >= 4 is 35.9 Å². The minimum atomic E-state index is -0.535. The Kier molecular flexibility index (Phi) is 5.19. The molecule has 1 aromatic carbocycles. The van der Waals surface area contributed by atoms with Gasteiger partial charge in [-0.25, -0.2) is 9.37 Å². The highest BCUT2D eigenvalue weighted by atomic mass is 32.2. The van der Waals surface area contributed by atoms with Gasteiger partial charge in [0, 0.05) is 25.6 Å². The van der Waals surface area contributed by atoms with Gasteiger partial charge < -0.3 is 5.11 Å². The number of amides is 3. The molecule has 2 aliphatic rings. The molecule has 3 amide bonds. The van der Waals surface area contributed by atoms with Crippen molar-refractivity contribution in [3.63, 3.8) is 0 Å². The lowest BCUT2D eigenvalue weighted by molar-refractivity contribution is -0.526. The third-order valence-electron chi connectivity index (χ3n) is 4.35. The summed E-state index contributed by atoms with van der Waals surface area (Å²) in [6.45, 7) is 0.617. The molecule has 3 rings (SSSR count). The van der Waals surface area contributed by atoms with Crippen LogP contribution in [0.2, 0.25) is 0 Å². The van der Waals surface area contributed by atoms with Gasteiger partial charge in [0.25, 0.3) is 24.1 Å². The fourth-order valence-electron chi connectivity index (χ4n) is 2.87. The first kappa shape index (κ1) is 17.6. The molecular weight excluding hydrogens is 340 g/mol. The van der Waals surface area contributed by atoms with E-state index in [-0.39, 0.29) is 11.9 Å². The summed E-state index contributed by atoms with van der Waals surface area (Å²) in [6.07, 6.45) is 1.11. The van der Waals surface area contributed by atoms with E-state index in [1.165, 1.54) is 11.9 Å². The van der Waals surface area contributed by atoms with Crippen LogP contribution in [0, 0.1) is 0 Å². The molecule has 2 unspecified atom stereocenters. The number of likely N-dealkylation sites (N-methyl/N-ethyl adjacent to an activating group) is 2. The summed E-state index contributed by atoms with van der Waals surface area (Å²) in [7, 11) is 3.11.